The van der Waals surface area contributed by atoms with Gasteiger partial charge in [-0.15, -0.1) is 0 Å². The van der Waals surface area contributed by atoms with E-state index in [9.17, 15) is 19.2 Å². The number of esters is 1. The van der Waals surface area contributed by atoms with Crippen LogP contribution in [0.15, 0.2) is 12.7 Å². The molecule has 8 nitrogen and oxygen atoms in total. The van der Waals surface area contributed by atoms with Crippen molar-refractivity contribution in [3.05, 3.63) is 12.7 Å². The van der Waals surface area contributed by atoms with Gasteiger partial charge in [-0.1, -0.05) is 6.58 Å². The van der Waals surface area contributed by atoms with Crippen molar-refractivity contribution in [2.24, 2.45) is 5.92 Å². The molecule has 2 aliphatic rings. The number of ether oxygens (including phenoxy) is 1. The number of nitrogens with zero attached hydrogens (tertiary/aromatic N) is 3. The van der Waals surface area contributed by atoms with E-state index < -0.39 is 11.5 Å². The fourth-order valence-corrected chi connectivity index (χ4v) is 3.79. The summed E-state index contributed by atoms with van der Waals surface area (Å²) in [5.74, 6) is -1.14. The zero-order chi connectivity index (χ0) is 21.8. The molecule has 0 aromatic carbocycles. The Kier molecular flexibility index (Phi) is 7.43. The summed E-state index contributed by atoms with van der Waals surface area (Å²) >= 11 is 0. The van der Waals surface area contributed by atoms with E-state index in [4.69, 9.17) is 4.74 Å². The highest BCUT2D eigenvalue weighted by atomic mass is 16.6. The number of piperidine rings is 1. The van der Waals surface area contributed by atoms with Crippen molar-refractivity contribution in [2.75, 3.05) is 32.7 Å². The zero-order valence-corrected chi connectivity index (χ0v) is 18.0. The van der Waals surface area contributed by atoms with Crippen molar-refractivity contribution in [1.29, 1.82) is 0 Å². The second kappa shape index (κ2) is 9.41. The highest BCUT2D eigenvalue weighted by Crippen LogP contribution is 2.27. The van der Waals surface area contributed by atoms with Gasteiger partial charge in [-0.2, -0.15) is 0 Å². The first-order valence-electron chi connectivity index (χ1n) is 10.3. The third-order valence-corrected chi connectivity index (χ3v) is 5.35. The van der Waals surface area contributed by atoms with Gasteiger partial charge in [-0.3, -0.25) is 19.2 Å². The van der Waals surface area contributed by atoms with E-state index >= 15 is 0 Å². The van der Waals surface area contributed by atoms with Gasteiger partial charge in [0.25, 0.3) is 0 Å². The fraction of sp³-hybridized carbons (Fsp3) is 0.714. The topological polar surface area (TPSA) is 87.2 Å². The van der Waals surface area contributed by atoms with Crippen LogP contribution < -0.4 is 0 Å². The number of rotatable bonds is 6. The average Bonchev–Trinajstić information content (AvgIpc) is 3.06. The van der Waals surface area contributed by atoms with E-state index in [-0.39, 0.29) is 42.7 Å². The van der Waals surface area contributed by atoms with Gasteiger partial charge in [0.2, 0.25) is 17.7 Å². The summed E-state index contributed by atoms with van der Waals surface area (Å²) in [5, 5.41) is 0. The van der Waals surface area contributed by atoms with E-state index in [0.29, 0.717) is 39.0 Å². The van der Waals surface area contributed by atoms with E-state index in [2.05, 4.69) is 6.58 Å². The maximum absolute atomic E-state index is 12.5. The van der Waals surface area contributed by atoms with Gasteiger partial charge in [0.05, 0.1) is 12.5 Å². The van der Waals surface area contributed by atoms with Gasteiger partial charge >= 0.3 is 5.97 Å². The van der Waals surface area contributed by atoms with Crippen LogP contribution in [0.3, 0.4) is 0 Å². The molecular formula is C21H33N3O5. The maximum Gasteiger partial charge on any atom is 0.311 e. The van der Waals surface area contributed by atoms with Crippen LogP contribution in [-0.2, 0) is 23.9 Å². The number of carbonyl (C=O) groups excluding carboxylic acids is 4. The number of hydrogen-bond acceptors (Lipinski definition) is 5. The van der Waals surface area contributed by atoms with Crippen molar-refractivity contribution in [1.82, 2.24) is 14.7 Å². The molecule has 0 aromatic rings. The van der Waals surface area contributed by atoms with Gasteiger partial charge in [0.15, 0.2) is 0 Å². The van der Waals surface area contributed by atoms with Crippen LogP contribution in [0.5, 0.6) is 0 Å². The maximum atomic E-state index is 12.5. The average molecular weight is 408 g/mol. The third kappa shape index (κ3) is 6.05. The molecule has 0 aromatic heterocycles. The second-order valence-corrected chi connectivity index (χ2v) is 8.65. The molecule has 0 aliphatic carbocycles. The Hall–Kier alpha value is -2.38. The SMILES string of the molecule is C=CC(=O)N(CC)CC(=O)N1CCC(N2CC(C(=O)OC(C)(C)C)CC2=O)CC1. The smallest absolute Gasteiger partial charge is 0.311 e. The van der Waals surface area contributed by atoms with Gasteiger partial charge in [-0.05, 0) is 46.6 Å². The summed E-state index contributed by atoms with van der Waals surface area (Å²) in [5.41, 5.74) is -0.571. The van der Waals surface area contributed by atoms with E-state index in [0.717, 1.165) is 0 Å². The van der Waals surface area contributed by atoms with Gasteiger partial charge in [0, 0.05) is 38.6 Å². The van der Waals surface area contributed by atoms with Crippen LogP contribution in [0.1, 0.15) is 47.0 Å². The van der Waals surface area contributed by atoms with E-state index in [1.54, 1.807) is 9.80 Å². The predicted molar refractivity (Wildman–Crippen MR) is 108 cm³/mol. The minimum absolute atomic E-state index is 0.0241. The lowest BCUT2D eigenvalue weighted by Crippen LogP contribution is -2.50. The summed E-state index contributed by atoms with van der Waals surface area (Å²) in [6, 6.07) is 0.0241. The number of amides is 3. The van der Waals surface area contributed by atoms with Crippen LogP contribution in [0.2, 0.25) is 0 Å². The van der Waals surface area contributed by atoms with Gasteiger partial charge in [0.1, 0.15) is 5.60 Å². The second-order valence-electron chi connectivity index (χ2n) is 8.65. The number of likely N-dealkylation sites (N-methyl/N-ethyl adjacent to an activating group) is 1. The Morgan fingerprint density at radius 3 is 2.38 bits per heavy atom. The summed E-state index contributed by atoms with van der Waals surface area (Å²) < 4.78 is 5.42. The molecule has 0 radical (unpaired) electrons. The van der Waals surface area contributed by atoms with Crippen LogP contribution in [0, 0.1) is 5.92 Å². The molecule has 0 spiro atoms. The third-order valence-electron chi connectivity index (χ3n) is 5.35. The lowest BCUT2D eigenvalue weighted by atomic mass is 10.0. The number of likely N-dealkylation sites (tertiary alicyclic amines) is 2. The van der Waals surface area contributed by atoms with Gasteiger partial charge < -0.3 is 19.4 Å². The minimum atomic E-state index is -0.571. The molecular weight excluding hydrogens is 374 g/mol. The minimum Gasteiger partial charge on any atom is -0.460 e. The number of carbonyl (C=O) groups is 4. The highest BCUT2D eigenvalue weighted by molar-refractivity contribution is 5.91. The Labute approximate surface area is 172 Å². The molecule has 2 rings (SSSR count). The Morgan fingerprint density at radius 1 is 1.24 bits per heavy atom. The zero-order valence-electron chi connectivity index (χ0n) is 18.0. The van der Waals surface area contributed by atoms with E-state index in [1.165, 1.54) is 11.0 Å². The number of hydrogen-bond donors (Lipinski definition) is 0. The first-order valence-corrected chi connectivity index (χ1v) is 10.3. The monoisotopic (exact) mass is 407 g/mol. The van der Waals surface area contributed by atoms with Crippen LogP contribution >= 0.6 is 0 Å². The molecule has 2 heterocycles. The first-order chi connectivity index (χ1) is 13.6. The molecule has 1 unspecified atom stereocenters. The summed E-state index contributed by atoms with van der Waals surface area (Å²) in [4.78, 5) is 54.0. The van der Waals surface area contributed by atoms with E-state index in [1.807, 2.05) is 27.7 Å². The van der Waals surface area contributed by atoms with Crippen LogP contribution in [0.25, 0.3) is 0 Å². The Bertz CT molecular complexity index is 662. The lowest BCUT2D eigenvalue weighted by Gasteiger charge is -2.37. The molecule has 2 fully saturated rings. The molecule has 8 heteroatoms. The quantitative estimate of drug-likeness (QED) is 0.488. The van der Waals surface area contributed by atoms with Crippen molar-refractivity contribution >= 4 is 23.7 Å². The fourth-order valence-electron chi connectivity index (χ4n) is 3.79. The highest BCUT2D eigenvalue weighted by Gasteiger charge is 2.40. The first kappa shape index (κ1) is 22.9. The van der Waals surface area contributed by atoms with Gasteiger partial charge in [-0.25, -0.2) is 0 Å². The van der Waals surface area contributed by atoms with Crippen molar-refractivity contribution in [3.63, 3.8) is 0 Å². The molecule has 162 valence electrons. The molecule has 2 aliphatic heterocycles. The molecule has 0 N–H and O–H groups in total. The van der Waals surface area contributed by atoms with Crippen LogP contribution in [0.4, 0.5) is 0 Å². The predicted octanol–water partition coefficient (Wildman–Crippen LogP) is 1.20. The Morgan fingerprint density at radius 2 is 1.86 bits per heavy atom. The summed E-state index contributed by atoms with van der Waals surface area (Å²) in [6.07, 6.45) is 2.73. The molecule has 29 heavy (non-hydrogen) atoms. The van der Waals surface area contributed by atoms with Crippen molar-refractivity contribution < 1.29 is 23.9 Å². The van der Waals surface area contributed by atoms with Crippen molar-refractivity contribution in [2.45, 2.75) is 58.6 Å². The largest absolute Gasteiger partial charge is 0.460 e. The standard InChI is InChI=1S/C21H33N3O5/c1-6-17(25)22(7-2)14-19(27)23-10-8-16(9-11-23)24-13-15(12-18(24)26)20(28)29-21(3,4)5/h6,15-16H,1,7-14H2,2-5H3. The molecule has 0 bridgehead atoms. The molecule has 3 amide bonds. The van der Waals surface area contributed by atoms with Crippen molar-refractivity contribution in [3.8, 4) is 0 Å². The Balaban J connectivity index is 1.86. The molecule has 2 saturated heterocycles. The molecule has 1 atom stereocenters. The normalized spacial score (nSPS) is 20.6. The summed E-state index contributed by atoms with van der Waals surface area (Å²) in [6.45, 7) is 12.6. The summed E-state index contributed by atoms with van der Waals surface area (Å²) in [7, 11) is 0. The van der Waals surface area contributed by atoms with Crippen LogP contribution in [-0.4, -0.2) is 82.8 Å². The molecule has 0 saturated carbocycles. The lowest BCUT2D eigenvalue weighted by molar-refractivity contribution is -0.159.